The third-order valence-electron chi connectivity index (χ3n) is 7.02. The number of hydrogen-bond donors (Lipinski definition) is 0. The molecule has 1 heterocycles. The Hall–Kier alpha value is -1.96. The van der Waals surface area contributed by atoms with Crippen molar-refractivity contribution in [1.82, 2.24) is 0 Å². The van der Waals surface area contributed by atoms with Gasteiger partial charge < -0.3 is 0 Å². The molecule has 30 heavy (non-hydrogen) atoms. The summed E-state index contributed by atoms with van der Waals surface area (Å²) < 4.78 is 43.0. The molecule has 1 aromatic heterocycles. The minimum atomic E-state index is -4.94. The Morgan fingerprint density at radius 3 is 1.83 bits per heavy atom. The van der Waals surface area contributed by atoms with E-state index in [0.29, 0.717) is 0 Å². The van der Waals surface area contributed by atoms with Gasteiger partial charge in [-0.3, -0.25) is 0 Å². The summed E-state index contributed by atoms with van der Waals surface area (Å²) >= 11 is 0. The van der Waals surface area contributed by atoms with Crippen molar-refractivity contribution < 1.29 is 38.1 Å². The molecule has 4 bridgehead atoms. The van der Waals surface area contributed by atoms with Gasteiger partial charge in [0.1, 0.15) is 5.39 Å². The van der Waals surface area contributed by atoms with Gasteiger partial charge in [0.2, 0.25) is 11.3 Å². The topological polar surface area (TPSA) is 109 Å². The first-order valence-corrected chi connectivity index (χ1v) is 11.7. The summed E-state index contributed by atoms with van der Waals surface area (Å²) in [7, 11) is -4.94. The van der Waals surface area contributed by atoms with Crippen molar-refractivity contribution in [2.45, 2.75) is 44.1 Å². The van der Waals surface area contributed by atoms with E-state index in [1.54, 1.807) is 0 Å². The van der Waals surface area contributed by atoms with Crippen LogP contribution >= 0.6 is 0 Å². The molecule has 7 rings (SSSR count). The van der Waals surface area contributed by atoms with Crippen molar-refractivity contribution in [3.05, 3.63) is 54.6 Å². The van der Waals surface area contributed by atoms with E-state index in [0.717, 1.165) is 23.5 Å². The summed E-state index contributed by atoms with van der Waals surface area (Å²) in [4.78, 5) is 0. The second kappa shape index (κ2) is 7.32. The van der Waals surface area contributed by atoms with Gasteiger partial charge in [0.05, 0.1) is 0 Å². The zero-order valence-corrected chi connectivity index (χ0v) is 17.3. The lowest BCUT2D eigenvalue weighted by molar-refractivity contribution is -2.00. The van der Waals surface area contributed by atoms with E-state index in [1.165, 1.54) is 55.0 Å². The fourth-order valence-corrected chi connectivity index (χ4v) is 6.50. The van der Waals surface area contributed by atoms with Crippen molar-refractivity contribution in [2.24, 2.45) is 17.8 Å². The van der Waals surface area contributed by atoms with Gasteiger partial charge in [-0.2, -0.15) is 0 Å². The number of halogens is 1. The van der Waals surface area contributed by atoms with Crippen LogP contribution in [0.3, 0.4) is 0 Å². The van der Waals surface area contributed by atoms with E-state index in [1.807, 2.05) is 0 Å². The van der Waals surface area contributed by atoms with Gasteiger partial charge in [-0.25, -0.2) is 23.2 Å². The smallest absolute Gasteiger partial charge is 0.234 e. The maximum atomic E-state index is 8.49. The number of fused-ring (bicyclic) bond motifs is 1. The van der Waals surface area contributed by atoms with Gasteiger partial charge >= 0.3 is 0 Å². The molecule has 4 aliphatic rings. The Balaban J connectivity index is 0.000000349. The number of para-hydroxylation sites is 1. The Bertz CT molecular complexity index is 1000. The SMILES string of the molecule is [O-][Cl+3]([O-])([O-])[O-].c1ccc(-c2o[n+](C34CC5CC(CC(C5)C3)C4)c3ccccc23)cc1. The maximum Gasteiger partial charge on any atom is 0.263 e. The van der Waals surface area contributed by atoms with E-state index >= 15 is 0 Å². The van der Waals surface area contributed by atoms with Crippen LogP contribution in [-0.2, 0) is 5.54 Å². The molecular formula is C23H24ClNO5. The molecule has 0 aliphatic heterocycles. The average Bonchev–Trinajstić information content (AvgIpc) is 3.07. The van der Waals surface area contributed by atoms with E-state index in [4.69, 9.17) is 23.2 Å². The number of nitrogens with zero attached hydrogens (tertiary/aromatic N) is 1. The van der Waals surface area contributed by atoms with Crippen LogP contribution in [0, 0.1) is 28.0 Å². The summed E-state index contributed by atoms with van der Waals surface area (Å²) in [5.74, 6) is 3.79. The fourth-order valence-electron chi connectivity index (χ4n) is 6.50. The van der Waals surface area contributed by atoms with Crippen LogP contribution in [0.15, 0.2) is 59.1 Å². The van der Waals surface area contributed by atoms with Crippen LogP contribution in [0.25, 0.3) is 22.2 Å². The molecule has 0 N–H and O–H groups in total. The van der Waals surface area contributed by atoms with Crippen molar-refractivity contribution in [3.63, 3.8) is 0 Å². The quantitative estimate of drug-likeness (QED) is 0.553. The van der Waals surface area contributed by atoms with E-state index in [-0.39, 0.29) is 5.54 Å². The molecule has 0 spiro atoms. The minimum absolute atomic E-state index is 0.224. The number of rotatable bonds is 2. The summed E-state index contributed by atoms with van der Waals surface area (Å²) in [6.07, 6.45) is 8.33. The maximum absolute atomic E-state index is 8.49. The zero-order chi connectivity index (χ0) is 20.9. The van der Waals surface area contributed by atoms with Crippen LogP contribution in [0.1, 0.15) is 38.5 Å². The Morgan fingerprint density at radius 1 is 0.767 bits per heavy atom. The monoisotopic (exact) mass is 429 g/mol. The predicted molar refractivity (Wildman–Crippen MR) is 98.0 cm³/mol. The summed E-state index contributed by atoms with van der Waals surface area (Å²) in [5, 5.41) is 1.25. The third kappa shape index (κ3) is 3.74. The molecule has 0 amide bonds. The van der Waals surface area contributed by atoms with E-state index < -0.39 is 10.2 Å². The molecule has 7 heteroatoms. The van der Waals surface area contributed by atoms with Crippen LogP contribution in [0.4, 0.5) is 0 Å². The molecule has 0 radical (unpaired) electrons. The number of benzene rings is 2. The van der Waals surface area contributed by atoms with Crippen LogP contribution in [0.5, 0.6) is 0 Å². The van der Waals surface area contributed by atoms with Gasteiger partial charge in [-0.05, 0) is 47.8 Å². The van der Waals surface area contributed by atoms with Gasteiger partial charge in [-0.15, -0.1) is 10.2 Å². The van der Waals surface area contributed by atoms with Gasteiger partial charge in [0.25, 0.3) is 5.52 Å². The highest BCUT2D eigenvalue weighted by Crippen LogP contribution is 2.57. The highest BCUT2D eigenvalue weighted by atomic mass is 35.7. The number of aromatic nitrogens is 1. The molecule has 4 aliphatic carbocycles. The fraction of sp³-hybridized carbons (Fsp3) is 0.435. The zero-order valence-electron chi connectivity index (χ0n) is 16.5. The molecule has 4 fully saturated rings. The molecule has 0 atom stereocenters. The molecule has 0 unspecified atom stereocenters. The third-order valence-corrected chi connectivity index (χ3v) is 7.02. The first kappa shape index (κ1) is 20.0. The summed E-state index contributed by atoms with van der Waals surface area (Å²) in [5.41, 5.74) is 2.69. The van der Waals surface area contributed by atoms with E-state index in [9.17, 15) is 0 Å². The highest BCUT2D eigenvalue weighted by Gasteiger charge is 2.59. The second-order valence-corrected chi connectivity index (χ2v) is 9.87. The standard InChI is InChI=1S/C23H24NO.ClHO4/c1-2-6-19(7-3-1)22-20-8-4-5-9-21(20)24(25-22)23-13-16-10-17(14-23)12-18(11-16)15-23;2-1(3,4)5/h1-9,16-18H,10-15H2;(H,2,3,4,5)/q+1;/p-1. The Labute approximate surface area is 177 Å². The minimum Gasteiger partial charge on any atom is -0.234 e. The highest BCUT2D eigenvalue weighted by molar-refractivity contribution is 5.89. The first-order valence-electron chi connectivity index (χ1n) is 10.4. The number of hydrogen-bond acceptors (Lipinski definition) is 5. The lowest BCUT2D eigenvalue weighted by Crippen LogP contribution is -2.68. The van der Waals surface area contributed by atoms with Gasteiger partial charge in [0, 0.05) is 30.9 Å². The van der Waals surface area contributed by atoms with Crippen molar-refractivity contribution in [3.8, 4) is 11.3 Å². The summed E-state index contributed by atoms with van der Waals surface area (Å²) in [6.45, 7) is 0. The lowest BCUT2D eigenvalue weighted by Gasteiger charge is -2.51. The second-order valence-electron chi connectivity index (χ2n) is 9.12. The Morgan fingerprint density at radius 2 is 1.27 bits per heavy atom. The largest absolute Gasteiger partial charge is 0.263 e. The summed E-state index contributed by atoms with van der Waals surface area (Å²) in [6, 6.07) is 19.4. The van der Waals surface area contributed by atoms with Crippen molar-refractivity contribution in [2.75, 3.05) is 0 Å². The van der Waals surface area contributed by atoms with Gasteiger partial charge in [0.15, 0.2) is 0 Å². The molecular weight excluding hydrogens is 406 g/mol. The van der Waals surface area contributed by atoms with Crippen molar-refractivity contribution in [1.29, 1.82) is 0 Å². The van der Waals surface area contributed by atoms with Crippen molar-refractivity contribution >= 4 is 10.9 Å². The first-order chi connectivity index (χ1) is 14.3. The lowest BCUT2D eigenvalue weighted by atomic mass is 9.53. The molecule has 158 valence electrons. The molecule has 6 nitrogen and oxygen atoms in total. The van der Waals surface area contributed by atoms with Gasteiger partial charge in [-0.1, -0.05) is 42.5 Å². The van der Waals surface area contributed by atoms with Crippen LogP contribution < -0.4 is 23.4 Å². The molecule has 4 saturated carbocycles. The molecule has 3 aromatic rings. The van der Waals surface area contributed by atoms with Crippen LogP contribution in [-0.4, -0.2) is 0 Å². The predicted octanol–water partition coefficient (Wildman–Crippen LogP) is 0.557. The molecule has 2 aromatic carbocycles. The Kier molecular flexibility index (Phi) is 4.87. The normalized spacial score (nSPS) is 29.7. The average molecular weight is 430 g/mol. The molecule has 0 saturated heterocycles. The van der Waals surface area contributed by atoms with E-state index in [2.05, 4.69) is 59.3 Å². The van der Waals surface area contributed by atoms with Crippen LogP contribution in [0.2, 0.25) is 0 Å².